The van der Waals surface area contributed by atoms with E-state index < -0.39 is 23.2 Å². The van der Waals surface area contributed by atoms with E-state index in [1.54, 1.807) is 4.90 Å². The molecule has 1 saturated heterocycles. The van der Waals surface area contributed by atoms with E-state index in [-0.39, 0.29) is 11.3 Å². The number of halogens is 1. The van der Waals surface area contributed by atoms with Crippen LogP contribution >= 0.6 is 0 Å². The van der Waals surface area contributed by atoms with Gasteiger partial charge in [-0.2, -0.15) is 5.26 Å². The Hall–Kier alpha value is -2.09. The van der Waals surface area contributed by atoms with Crippen LogP contribution in [0.5, 0.6) is 0 Å². The highest BCUT2D eigenvalue weighted by Crippen LogP contribution is 2.38. The van der Waals surface area contributed by atoms with Gasteiger partial charge >= 0.3 is 5.97 Å². The number of nitriles is 1. The molecule has 1 atom stereocenters. The molecule has 5 heteroatoms. The number of hydrogen-bond donors (Lipinski definition) is 1. The molecule has 1 fully saturated rings. The Morgan fingerprint density at radius 3 is 2.80 bits per heavy atom. The Balaban J connectivity index is 2.44. The maximum Gasteiger partial charge on any atom is 0.326 e. The lowest BCUT2D eigenvalue weighted by molar-refractivity contribution is -0.142. The lowest BCUT2D eigenvalue weighted by Crippen LogP contribution is -2.54. The van der Waals surface area contributed by atoms with E-state index in [1.165, 1.54) is 12.1 Å². The maximum atomic E-state index is 14.1. The number of aliphatic carboxylic acids is 1. The molecular formula is C15H17FN2O2. The summed E-state index contributed by atoms with van der Waals surface area (Å²) in [7, 11) is 0. The lowest BCUT2D eigenvalue weighted by atomic mass is 9.76. The van der Waals surface area contributed by atoms with Crippen LogP contribution in [0.3, 0.4) is 0 Å². The summed E-state index contributed by atoms with van der Waals surface area (Å²) in [4.78, 5) is 13.2. The number of carboxylic acid groups (broad SMARTS) is 1. The van der Waals surface area contributed by atoms with Gasteiger partial charge in [-0.1, -0.05) is 13.8 Å². The van der Waals surface area contributed by atoms with Crippen molar-refractivity contribution in [2.45, 2.75) is 32.7 Å². The summed E-state index contributed by atoms with van der Waals surface area (Å²) in [5, 5.41) is 18.2. The molecule has 1 aliphatic heterocycles. The monoisotopic (exact) mass is 276 g/mol. The first-order chi connectivity index (χ1) is 9.36. The number of carbonyl (C=O) groups is 1. The summed E-state index contributed by atoms with van der Waals surface area (Å²) in [6.07, 6.45) is 1.61. The highest BCUT2D eigenvalue weighted by molar-refractivity contribution is 5.80. The molecule has 2 rings (SSSR count). The fourth-order valence-electron chi connectivity index (χ4n) is 2.93. The van der Waals surface area contributed by atoms with Crippen LogP contribution in [0.1, 0.15) is 32.3 Å². The van der Waals surface area contributed by atoms with Crippen LogP contribution in [0.2, 0.25) is 0 Å². The number of hydrogen-bond acceptors (Lipinski definition) is 3. The van der Waals surface area contributed by atoms with E-state index in [2.05, 4.69) is 0 Å². The second-order valence-electron chi connectivity index (χ2n) is 5.80. The highest BCUT2D eigenvalue weighted by Gasteiger charge is 2.43. The molecule has 0 bridgehead atoms. The van der Waals surface area contributed by atoms with Gasteiger partial charge in [-0.15, -0.1) is 0 Å². The topological polar surface area (TPSA) is 64.3 Å². The summed E-state index contributed by atoms with van der Waals surface area (Å²) >= 11 is 0. The summed E-state index contributed by atoms with van der Waals surface area (Å²) in [6, 6.07) is 5.26. The molecule has 1 N–H and O–H groups in total. The standard InChI is InChI=1S/C15H17FN2O2/c1-15(2)6-3-7-18(13(15)14(19)20)12-5-4-10(9-17)8-11(12)16/h4-5,8,13H,3,6-7H2,1-2H3,(H,19,20). The minimum atomic E-state index is -0.946. The third kappa shape index (κ3) is 2.46. The van der Waals surface area contributed by atoms with Crippen molar-refractivity contribution in [3.8, 4) is 6.07 Å². The van der Waals surface area contributed by atoms with Crippen LogP contribution in [0.25, 0.3) is 0 Å². The zero-order valence-corrected chi connectivity index (χ0v) is 11.6. The van der Waals surface area contributed by atoms with Crippen LogP contribution in [0.15, 0.2) is 18.2 Å². The van der Waals surface area contributed by atoms with Crippen LogP contribution in [-0.2, 0) is 4.79 Å². The molecule has 1 aromatic rings. The van der Waals surface area contributed by atoms with E-state index in [9.17, 15) is 14.3 Å². The first-order valence-corrected chi connectivity index (χ1v) is 6.56. The average Bonchev–Trinajstić information content (AvgIpc) is 2.36. The normalized spacial score (nSPS) is 21.3. The number of rotatable bonds is 2. The van der Waals surface area contributed by atoms with Gasteiger partial charge in [0.1, 0.15) is 11.9 Å². The molecule has 1 aromatic carbocycles. The minimum absolute atomic E-state index is 0.231. The van der Waals surface area contributed by atoms with Crippen molar-refractivity contribution in [1.82, 2.24) is 0 Å². The van der Waals surface area contributed by atoms with Gasteiger partial charge in [0, 0.05) is 6.54 Å². The van der Waals surface area contributed by atoms with E-state index in [4.69, 9.17) is 5.26 Å². The third-order valence-corrected chi connectivity index (χ3v) is 3.89. The van der Waals surface area contributed by atoms with Crippen molar-refractivity contribution >= 4 is 11.7 Å². The molecule has 0 saturated carbocycles. The van der Waals surface area contributed by atoms with E-state index in [1.807, 2.05) is 19.9 Å². The molecule has 1 unspecified atom stereocenters. The summed E-state index contributed by atoms with van der Waals surface area (Å²) in [5.74, 6) is -1.49. The molecule has 106 valence electrons. The van der Waals surface area contributed by atoms with Crippen molar-refractivity contribution in [3.63, 3.8) is 0 Å². The SMILES string of the molecule is CC1(C)CCCN(c2ccc(C#N)cc2F)C1C(=O)O. The molecule has 1 aliphatic rings. The van der Waals surface area contributed by atoms with Crippen molar-refractivity contribution in [2.75, 3.05) is 11.4 Å². The van der Waals surface area contributed by atoms with Crippen molar-refractivity contribution in [2.24, 2.45) is 5.41 Å². The average molecular weight is 276 g/mol. The van der Waals surface area contributed by atoms with Gasteiger partial charge in [0.2, 0.25) is 0 Å². The van der Waals surface area contributed by atoms with Crippen LogP contribution in [0.4, 0.5) is 10.1 Å². The van der Waals surface area contributed by atoms with Gasteiger partial charge in [-0.25, -0.2) is 9.18 Å². The molecule has 0 aromatic heterocycles. The number of carboxylic acids is 1. The van der Waals surface area contributed by atoms with Crippen molar-refractivity contribution in [3.05, 3.63) is 29.6 Å². The zero-order valence-electron chi connectivity index (χ0n) is 11.6. The molecule has 0 aliphatic carbocycles. The predicted octanol–water partition coefficient (Wildman–Crippen LogP) is 2.78. The van der Waals surface area contributed by atoms with Crippen molar-refractivity contribution < 1.29 is 14.3 Å². The first kappa shape index (κ1) is 14.3. The Kier molecular flexibility index (Phi) is 3.67. The summed E-state index contributed by atoms with van der Waals surface area (Å²) in [6.45, 7) is 4.28. The molecule has 4 nitrogen and oxygen atoms in total. The van der Waals surface area contributed by atoms with Gasteiger partial charge in [-0.05, 0) is 36.5 Å². The first-order valence-electron chi connectivity index (χ1n) is 6.56. The minimum Gasteiger partial charge on any atom is -0.480 e. The van der Waals surface area contributed by atoms with Gasteiger partial charge in [-0.3, -0.25) is 0 Å². The maximum absolute atomic E-state index is 14.1. The van der Waals surface area contributed by atoms with E-state index >= 15 is 0 Å². The van der Waals surface area contributed by atoms with Gasteiger partial charge in [0.05, 0.1) is 17.3 Å². The number of nitrogens with zero attached hydrogens (tertiary/aromatic N) is 2. The Labute approximate surface area is 117 Å². The van der Waals surface area contributed by atoms with Gasteiger partial charge in [0.15, 0.2) is 0 Å². The van der Waals surface area contributed by atoms with Crippen LogP contribution in [0, 0.1) is 22.6 Å². The van der Waals surface area contributed by atoms with Crippen LogP contribution in [-0.4, -0.2) is 23.7 Å². The zero-order chi connectivity index (χ0) is 14.9. The fraction of sp³-hybridized carbons (Fsp3) is 0.467. The lowest BCUT2D eigenvalue weighted by Gasteiger charge is -2.45. The second kappa shape index (κ2) is 5.12. The third-order valence-electron chi connectivity index (χ3n) is 3.89. The number of benzene rings is 1. The molecule has 1 heterocycles. The Bertz CT molecular complexity index is 578. The van der Waals surface area contributed by atoms with Crippen LogP contribution < -0.4 is 4.90 Å². The molecular weight excluding hydrogens is 259 g/mol. The molecule has 0 amide bonds. The number of piperidine rings is 1. The summed E-state index contributed by atoms with van der Waals surface area (Å²) < 4.78 is 14.1. The largest absolute Gasteiger partial charge is 0.480 e. The Morgan fingerprint density at radius 2 is 2.25 bits per heavy atom. The quantitative estimate of drug-likeness (QED) is 0.902. The molecule has 0 radical (unpaired) electrons. The van der Waals surface area contributed by atoms with E-state index in [0.717, 1.165) is 18.9 Å². The Morgan fingerprint density at radius 1 is 1.55 bits per heavy atom. The van der Waals surface area contributed by atoms with E-state index in [0.29, 0.717) is 6.54 Å². The smallest absolute Gasteiger partial charge is 0.326 e. The second-order valence-corrected chi connectivity index (χ2v) is 5.80. The van der Waals surface area contributed by atoms with Gasteiger partial charge in [0.25, 0.3) is 0 Å². The van der Waals surface area contributed by atoms with Crippen molar-refractivity contribution in [1.29, 1.82) is 5.26 Å². The molecule has 0 spiro atoms. The number of anilines is 1. The fourth-order valence-corrected chi connectivity index (χ4v) is 2.93. The van der Waals surface area contributed by atoms with Gasteiger partial charge < -0.3 is 10.0 Å². The summed E-state index contributed by atoms with van der Waals surface area (Å²) in [5.41, 5.74) is 0.0586. The highest BCUT2D eigenvalue weighted by atomic mass is 19.1. The molecule has 20 heavy (non-hydrogen) atoms. The predicted molar refractivity (Wildman–Crippen MR) is 72.9 cm³/mol.